The number of aromatic nitrogens is 3. The van der Waals surface area contributed by atoms with Crippen molar-refractivity contribution in [1.29, 1.82) is 0 Å². The third-order valence-corrected chi connectivity index (χ3v) is 4.86. The summed E-state index contributed by atoms with van der Waals surface area (Å²) in [6.07, 6.45) is -5.10. The number of benzene rings is 1. The van der Waals surface area contributed by atoms with Crippen molar-refractivity contribution in [2.75, 3.05) is 32.1 Å². The van der Waals surface area contributed by atoms with Crippen LogP contribution in [-0.4, -0.2) is 69.1 Å². The van der Waals surface area contributed by atoms with Gasteiger partial charge in [0.05, 0.1) is 32.6 Å². The first-order valence-electron chi connectivity index (χ1n) is 8.65. The second kappa shape index (κ2) is 10.6. The Morgan fingerprint density at radius 3 is 2.21 bits per heavy atom. The SMILES string of the molecule is COC(=O)c1ccc(N/N=C/C(F)(F)F)cc1S(=O)(=O)NC(=O)Nc1nc(OC)nc(OC)n1. The number of carbonyl (C=O) groups is 2. The molecule has 34 heavy (non-hydrogen) atoms. The van der Waals surface area contributed by atoms with Gasteiger partial charge in [-0.3, -0.25) is 10.7 Å². The summed E-state index contributed by atoms with van der Waals surface area (Å²) in [6.45, 7) is 0. The first-order chi connectivity index (χ1) is 15.9. The van der Waals surface area contributed by atoms with Crippen molar-refractivity contribution in [3.8, 4) is 12.0 Å². The van der Waals surface area contributed by atoms with Crippen LogP contribution in [-0.2, 0) is 14.8 Å². The van der Waals surface area contributed by atoms with E-state index in [0.717, 1.165) is 25.3 Å². The van der Waals surface area contributed by atoms with E-state index in [1.54, 1.807) is 4.72 Å². The number of alkyl halides is 3. The molecular formula is C16H16F3N7O7S. The zero-order valence-corrected chi connectivity index (χ0v) is 18.3. The first kappa shape index (κ1) is 26.0. The Balaban J connectivity index is 2.34. The number of nitrogens with zero attached hydrogens (tertiary/aromatic N) is 4. The second-order valence-electron chi connectivity index (χ2n) is 5.81. The number of hydrogen-bond acceptors (Lipinski definition) is 12. The lowest BCUT2D eigenvalue weighted by Crippen LogP contribution is -2.35. The highest BCUT2D eigenvalue weighted by Crippen LogP contribution is 2.22. The van der Waals surface area contributed by atoms with E-state index in [9.17, 15) is 31.2 Å². The maximum absolute atomic E-state index is 12.8. The number of halogens is 3. The number of carbonyl (C=O) groups excluding carboxylic acids is 2. The van der Waals surface area contributed by atoms with Crippen molar-refractivity contribution in [1.82, 2.24) is 19.7 Å². The number of anilines is 2. The molecule has 2 rings (SSSR count). The lowest BCUT2D eigenvalue weighted by atomic mass is 10.2. The number of sulfonamides is 1. The minimum atomic E-state index is -4.78. The number of hydrogen-bond donors (Lipinski definition) is 3. The molecule has 14 nitrogen and oxygen atoms in total. The van der Waals surface area contributed by atoms with Crippen molar-refractivity contribution < 1.29 is 45.4 Å². The average Bonchev–Trinajstić information content (AvgIpc) is 2.76. The Bertz CT molecular complexity index is 1180. The van der Waals surface area contributed by atoms with Crippen molar-refractivity contribution in [2.24, 2.45) is 5.10 Å². The lowest BCUT2D eigenvalue weighted by molar-refractivity contribution is -0.0536. The topological polar surface area (TPSA) is 183 Å². The zero-order chi connectivity index (χ0) is 25.5. The van der Waals surface area contributed by atoms with Gasteiger partial charge in [0.15, 0.2) is 0 Å². The Hall–Kier alpha value is -4.22. The van der Waals surface area contributed by atoms with E-state index < -0.39 is 44.6 Å². The predicted molar refractivity (Wildman–Crippen MR) is 108 cm³/mol. The smallest absolute Gasteiger partial charge is 0.428 e. The van der Waals surface area contributed by atoms with Gasteiger partial charge in [0.25, 0.3) is 10.0 Å². The summed E-state index contributed by atoms with van der Waals surface area (Å²) in [5.74, 6) is -1.54. The van der Waals surface area contributed by atoms with Crippen LogP contribution in [0.15, 0.2) is 28.2 Å². The van der Waals surface area contributed by atoms with E-state index in [0.29, 0.717) is 0 Å². The van der Waals surface area contributed by atoms with E-state index in [-0.39, 0.29) is 23.9 Å². The highest BCUT2D eigenvalue weighted by molar-refractivity contribution is 7.90. The molecule has 2 amide bonds. The molecule has 2 aromatic rings. The maximum atomic E-state index is 12.8. The number of rotatable bonds is 8. The predicted octanol–water partition coefficient (Wildman–Crippen LogP) is 1.15. The fourth-order valence-electron chi connectivity index (χ4n) is 2.15. The fraction of sp³-hybridized carbons (Fsp3) is 0.250. The summed E-state index contributed by atoms with van der Waals surface area (Å²) in [4.78, 5) is 34.5. The van der Waals surface area contributed by atoms with Crippen LogP contribution < -0.4 is 24.9 Å². The van der Waals surface area contributed by atoms with Gasteiger partial charge in [-0.1, -0.05) is 0 Å². The Labute approximate surface area is 189 Å². The van der Waals surface area contributed by atoms with Crippen LogP contribution in [0.5, 0.6) is 12.0 Å². The minimum absolute atomic E-state index is 0.249. The normalized spacial score (nSPS) is 11.6. The molecule has 0 fully saturated rings. The standard InChI is InChI=1S/C16H16F3N7O7S/c1-31-11(27)9-5-4-8(25-20-7-16(17,18)19)6-10(9)34(29,30)26-13(28)21-12-22-14(32-2)24-15(23-12)33-3/h4-7,25H,1-3H3,(H2,21,22,23,24,26,28)/b20-7+. The number of nitrogens with one attached hydrogen (secondary N) is 3. The fourth-order valence-corrected chi connectivity index (χ4v) is 3.28. The van der Waals surface area contributed by atoms with E-state index in [4.69, 9.17) is 9.47 Å². The third-order valence-electron chi connectivity index (χ3n) is 3.49. The maximum Gasteiger partial charge on any atom is 0.428 e. The minimum Gasteiger partial charge on any atom is -0.467 e. The van der Waals surface area contributed by atoms with Gasteiger partial charge in [-0.25, -0.2) is 22.7 Å². The number of hydrazone groups is 1. The molecule has 0 unspecified atom stereocenters. The number of methoxy groups -OCH3 is 3. The van der Waals surface area contributed by atoms with E-state index in [1.807, 2.05) is 10.7 Å². The van der Waals surface area contributed by atoms with Crippen molar-refractivity contribution >= 4 is 39.9 Å². The highest BCUT2D eigenvalue weighted by Gasteiger charge is 2.27. The van der Waals surface area contributed by atoms with Crippen molar-refractivity contribution in [3.63, 3.8) is 0 Å². The van der Waals surface area contributed by atoms with E-state index in [2.05, 4.69) is 24.8 Å². The van der Waals surface area contributed by atoms with Crippen molar-refractivity contribution in [3.05, 3.63) is 23.8 Å². The molecule has 0 atom stereocenters. The van der Waals surface area contributed by atoms with Crippen LogP contribution in [0.25, 0.3) is 0 Å². The van der Waals surface area contributed by atoms with Crippen LogP contribution in [0, 0.1) is 0 Å². The van der Waals surface area contributed by atoms with Crippen LogP contribution >= 0.6 is 0 Å². The largest absolute Gasteiger partial charge is 0.467 e. The summed E-state index contributed by atoms with van der Waals surface area (Å²) < 4.78 is 78.0. The van der Waals surface area contributed by atoms with Gasteiger partial charge in [-0.15, -0.1) is 4.98 Å². The Morgan fingerprint density at radius 2 is 1.68 bits per heavy atom. The van der Waals surface area contributed by atoms with Gasteiger partial charge in [0.2, 0.25) is 5.95 Å². The number of amides is 2. The summed E-state index contributed by atoms with van der Waals surface area (Å²) >= 11 is 0. The lowest BCUT2D eigenvalue weighted by Gasteiger charge is -2.12. The monoisotopic (exact) mass is 507 g/mol. The van der Waals surface area contributed by atoms with Gasteiger partial charge in [0, 0.05) is 0 Å². The number of esters is 1. The quantitative estimate of drug-likeness (QED) is 0.265. The van der Waals surface area contributed by atoms with E-state index in [1.165, 1.54) is 14.2 Å². The molecule has 18 heteroatoms. The Morgan fingerprint density at radius 1 is 1.06 bits per heavy atom. The van der Waals surface area contributed by atoms with Gasteiger partial charge in [-0.2, -0.15) is 28.2 Å². The second-order valence-corrected chi connectivity index (χ2v) is 7.46. The molecule has 0 bridgehead atoms. The summed E-state index contributed by atoms with van der Waals surface area (Å²) in [5.41, 5.74) is 1.20. The molecule has 0 saturated carbocycles. The zero-order valence-electron chi connectivity index (χ0n) is 17.5. The molecule has 1 aromatic carbocycles. The summed E-state index contributed by atoms with van der Waals surface area (Å²) in [6, 6.07) is 0.922. The molecule has 1 heterocycles. The van der Waals surface area contributed by atoms with Gasteiger partial charge in [-0.05, 0) is 18.2 Å². The molecule has 3 N–H and O–H groups in total. The van der Waals surface area contributed by atoms with Gasteiger partial charge >= 0.3 is 30.2 Å². The van der Waals surface area contributed by atoms with Crippen LogP contribution in [0.2, 0.25) is 0 Å². The molecule has 0 radical (unpaired) electrons. The van der Waals surface area contributed by atoms with E-state index >= 15 is 0 Å². The van der Waals surface area contributed by atoms with Crippen LogP contribution in [0.3, 0.4) is 0 Å². The molecule has 0 saturated heterocycles. The molecule has 0 aliphatic rings. The molecule has 184 valence electrons. The number of ether oxygens (including phenoxy) is 3. The first-order valence-corrected chi connectivity index (χ1v) is 10.1. The molecular weight excluding hydrogens is 491 g/mol. The van der Waals surface area contributed by atoms with Gasteiger partial charge < -0.3 is 14.2 Å². The summed E-state index contributed by atoms with van der Waals surface area (Å²) in [5, 5.41) is 4.94. The average molecular weight is 507 g/mol. The van der Waals surface area contributed by atoms with Crippen LogP contribution in [0.4, 0.5) is 29.6 Å². The van der Waals surface area contributed by atoms with Gasteiger partial charge in [0.1, 0.15) is 11.1 Å². The third kappa shape index (κ3) is 7.15. The Kier molecular flexibility index (Phi) is 8.12. The van der Waals surface area contributed by atoms with Crippen LogP contribution in [0.1, 0.15) is 10.4 Å². The summed E-state index contributed by atoms with van der Waals surface area (Å²) in [7, 11) is -1.37. The molecule has 0 spiro atoms. The highest BCUT2D eigenvalue weighted by atomic mass is 32.2. The molecule has 1 aromatic heterocycles. The molecule has 0 aliphatic heterocycles. The molecule has 0 aliphatic carbocycles. The van der Waals surface area contributed by atoms with Crippen molar-refractivity contribution in [2.45, 2.75) is 11.1 Å². The number of urea groups is 1.